The molecule has 2 aromatic rings. The van der Waals surface area contributed by atoms with E-state index in [0.717, 1.165) is 30.0 Å². The Morgan fingerprint density at radius 2 is 2.16 bits per heavy atom. The molecule has 2 rings (SSSR count). The van der Waals surface area contributed by atoms with E-state index >= 15 is 0 Å². The maximum atomic E-state index is 5.73. The molecule has 0 aliphatic heterocycles. The molecule has 102 valence electrons. The lowest BCUT2D eigenvalue weighted by Crippen LogP contribution is -2.24. The summed E-state index contributed by atoms with van der Waals surface area (Å²) < 4.78 is 5.73. The summed E-state index contributed by atoms with van der Waals surface area (Å²) >= 11 is 1.62. The zero-order chi connectivity index (χ0) is 13.5. The molecule has 1 heterocycles. The molecule has 0 amide bonds. The molecule has 0 saturated heterocycles. The maximum Gasteiger partial charge on any atom is 0.124 e. The first-order valence-electron chi connectivity index (χ1n) is 6.70. The van der Waals surface area contributed by atoms with Gasteiger partial charge in [-0.2, -0.15) is 0 Å². The van der Waals surface area contributed by atoms with Crippen LogP contribution in [0.4, 0.5) is 0 Å². The predicted octanol–water partition coefficient (Wildman–Crippen LogP) is 3.63. The summed E-state index contributed by atoms with van der Waals surface area (Å²) in [6, 6.07) is 8.29. The first-order valence-corrected chi connectivity index (χ1v) is 7.64. The summed E-state index contributed by atoms with van der Waals surface area (Å²) in [6.45, 7) is 5.81. The Hall–Kier alpha value is -1.39. The summed E-state index contributed by atoms with van der Waals surface area (Å²) in [5, 5.41) is 5.64. The van der Waals surface area contributed by atoms with Gasteiger partial charge < -0.3 is 10.1 Å². The Morgan fingerprint density at radius 3 is 2.84 bits per heavy atom. The minimum atomic E-state index is 0.106. The van der Waals surface area contributed by atoms with Crippen LogP contribution in [0, 0.1) is 0 Å². The molecule has 19 heavy (non-hydrogen) atoms. The third-order valence-electron chi connectivity index (χ3n) is 2.88. The molecule has 0 spiro atoms. The largest absolute Gasteiger partial charge is 0.494 e. The summed E-state index contributed by atoms with van der Waals surface area (Å²) in [6.07, 6.45) is 1.09. The standard InChI is InChI=1S/C15H20N2OS/c1-3-9-16-15(13-10-19-11-17-13)12-7-5-6-8-14(12)18-4-2/h5-8,10-11,15-16H,3-4,9H2,1-2H3. The molecule has 0 aliphatic rings. The van der Waals surface area contributed by atoms with Crippen LogP contribution in [0.2, 0.25) is 0 Å². The molecule has 1 aromatic heterocycles. The van der Waals surface area contributed by atoms with Crippen molar-refractivity contribution in [3.05, 3.63) is 46.4 Å². The van der Waals surface area contributed by atoms with E-state index in [-0.39, 0.29) is 6.04 Å². The SMILES string of the molecule is CCCNC(c1cscn1)c1ccccc1OCC. The summed E-state index contributed by atoms with van der Waals surface area (Å²) in [5.74, 6) is 0.937. The van der Waals surface area contributed by atoms with Crippen LogP contribution >= 0.6 is 11.3 Å². The van der Waals surface area contributed by atoms with Crippen LogP contribution in [0.1, 0.15) is 37.6 Å². The van der Waals surface area contributed by atoms with Crippen LogP contribution in [-0.2, 0) is 0 Å². The Labute approximate surface area is 118 Å². The van der Waals surface area contributed by atoms with Gasteiger partial charge in [-0.3, -0.25) is 0 Å². The average molecular weight is 276 g/mol. The first-order chi connectivity index (χ1) is 9.36. The van der Waals surface area contributed by atoms with Crippen molar-refractivity contribution in [2.45, 2.75) is 26.3 Å². The van der Waals surface area contributed by atoms with Gasteiger partial charge in [0, 0.05) is 10.9 Å². The summed E-state index contributed by atoms with van der Waals surface area (Å²) in [7, 11) is 0. The fraction of sp³-hybridized carbons (Fsp3) is 0.400. The smallest absolute Gasteiger partial charge is 0.124 e. The van der Waals surface area contributed by atoms with Gasteiger partial charge >= 0.3 is 0 Å². The normalized spacial score (nSPS) is 12.3. The second-order valence-electron chi connectivity index (χ2n) is 4.27. The Morgan fingerprint density at radius 1 is 1.32 bits per heavy atom. The molecule has 3 nitrogen and oxygen atoms in total. The van der Waals surface area contributed by atoms with Gasteiger partial charge in [0.05, 0.1) is 23.9 Å². The molecule has 0 fully saturated rings. The van der Waals surface area contributed by atoms with Crippen molar-refractivity contribution in [2.24, 2.45) is 0 Å². The molecule has 0 radical (unpaired) electrons. The van der Waals surface area contributed by atoms with E-state index in [4.69, 9.17) is 4.74 Å². The topological polar surface area (TPSA) is 34.2 Å². The number of hydrogen-bond acceptors (Lipinski definition) is 4. The molecule has 1 atom stereocenters. The molecule has 1 unspecified atom stereocenters. The Balaban J connectivity index is 2.32. The van der Waals surface area contributed by atoms with Gasteiger partial charge in [-0.05, 0) is 26.0 Å². The highest BCUT2D eigenvalue weighted by Crippen LogP contribution is 2.29. The van der Waals surface area contributed by atoms with E-state index in [1.54, 1.807) is 11.3 Å². The zero-order valence-corrected chi connectivity index (χ0v) is 12.2. The van der Waals surface area contributed by atoms with Gasteiger partial charge in [-0.25, -0.2) is 4.98 Å². The zero-order valence-electron chi connectivity index (χ0n) is 11.4. The van der Waals surface area contributed by atoms with Crippen molar-refractivity contribution in [3.63, 3.8) is 0 Å². The van der Waals surface area contributed by atoms with Gasteiger partial charge in [-0.1, -0.05) is 25.1 Å². The molecule has 0 aliphatic carbocycles. The van der Waals surface area contributed by atoms with E-state index in [1.807, 2.05) is 30.6 Å². The Bertz CT molecular complexity index is 485. The van der Waals surface area contributed by atoms with E-state index in [2.05, 4.69) is 28.7 Å². The minimum absolute atomic E-state index is 0.106. The van der Waals surface area contributed by atoms with Crippen LogP contribution < -0.4 is 10.1 Å². The predicted molar refractivity (Wildman–Crippen MR) is 79.9 cm³/mol. The number of benzene rings is 1. The minimum Gasteiger partial charge on any atom is -0.494 e. The molecule has 4 heteroatoms. The van der Waals surface area contributed by atoms with Crippen molar-refractivity contribution < 1.29 is 4.74 Å². The number of hydrogen-bond donors (Lipinski definition) is 1. The molecule has 1 aromatic carbocycles. The number of thiazole rings is 1. The highest BCUT2D eigenvalue weighted by atomic mass is 32.1. The molecular formula is C15H20N2OS. The lowest BCUT2D eigenvalue weighted by atomic mass is 10.0. The van der Waals surface area contributed by atoms with Gasteiger partial charge in [0.15, 0.2) is 0 Å². The van der Waals surface area contributed by atoms with Crippen molar-refractivity contribution in [3.8, 4) is 5.75 Å². The number of rotatable bonds is 7. The van der Waals surface area contributed by atoms with Gasteiger partial charge in [0.1, 0.15) is 5.75 Å². The van der Waals surface area contributed by atoms with Crippen LogP contribution in [0.3, 0.4) is 0 Å². The second-order valence-corrected chi connectivity index (χ2v) is 4.99. The lowest BCUT2D eigenvalue weighted by molar-refractivity contribution is 0.333. The van der Waals surface area contributed by atoms with Crippen molar-refractivity contribution >= 4 is 11.3 Å². The number of nitrogens with zero attached hydrogens (tertiary/aromatic N) is 1. The third-order valence-corrected chi connectivity index (χ3v) is 3.48. The third kappa shape index (κ3) is 3.55. The summed E-state index contributed by atoms with van der Waals surface area (Å²) in [5.41, 5.74) is 4.09. The van der Waals surface area contributed by atoms with E-state index in [1.165, 1.54) is 0 Å². The van der Waals surface area contributed by atoms with Crippen LogP contribution in [-0.4, -0.2) is 18.1 Å². The molecular weight excluding hydrogens is 256 g/mol. The quantitative estimate of drug-likeness (QED) is 0.838. The lowest BCUT2D eigenvalue weighted by Gasteiger charge is -2.20. The van der Waals surface area contributed by atoms with Gasteiger partial charge in [-0.15, -0.1) is 11.3 Å². The number of nitrogens with one attached hydrogen (secondary N) is 1. The highest BCUT2D eigenvalue weighted by molar-refractivity contribution is 7.07. The second kappa shape index (κ2) is 7.26. The van der Waals surface area contributed by atoms with E-state index in [0.29, 0.717) is 6.61 Å². The number of aromatic nitrogens is 1. The van der Waals surface area contributed by atoms with Crippen LogP contribution in [0.5, 0.6) is 5.75 Å². The van der Waals surface area contributed by atoms with E-state index < -0.39 is 0 Å². The molecule has 1 N–H and O–H groups in total. The van der Waals surface area contributed by atoms with Gasteiger partial charge in [0.25, 0.3) is 0 Å². The fourth-order valence-electron chi connectivity index (χ4n) is 2.03. The number of ether oxygens (including phenoxy) is 1. The fourth-order valence-corrected chi connectivity index (χ4v) is 2.61. The van der Waals surface area contributed by atoms with Crippen molar-refractivity contribution in [2.75, 3.05) is 13.2 Å². The summed E-state index contributed by atoms with van der Waals surface area (Å²) in [4.78, 5) is 4.45. The van der Waals surface area contributed by atoms with Crippen LogP contribution in [0.25, 0.3) is 0 Å². The average Bonchev–Trinajstić information content (AvgIpc) is 2.95. The van der Waals surface area contributed by atoms with Crippen molar-refractivity contribution in [1.29, 1.82) is 0 Å². The maximum absolute atomic E-state index is 5.73. The van der Waals surface area contributed by atoms with Crippen molar-refractivity contribution in [1.82, 2.24) is 10.3 Å². The van der Waals surface area contributed by atoms with E-state index in [9.17, 15) is 0 Å². The first kappa shape index (κ1) is 14.0. The van der Waals surface area contributed by atoms with Gasteiger partial charge in [0.2, 0.25) is 0 Å². The van der Waals surface area contributed by atoms with Crippen LogP contribution in [0.15, 0.2) is 35.2 Å². The molecule has 0 bridgehead atoms. The number of para-hydroxylation sites is 1. The Kier molecular flexibility index (Phi) is 5.36. The highest BCUT2D eigenvalue weighted by Gasteiger charge is 2.18. The molecule has 0 saturated carbocycles. The monoisotopic (exact) mass is 276 g/mol.